The summed E-state index contributed by atoms with van der Waals surface area (Å²) in [4.78, 5) is 0. The van der Waals surface area contributed by atoms with Gasteiger partial charge in [0.05, 0.1) is 6.61 Å². The molecule has 0 amide bonds. The molecular weight excluding hydrogens is 124 g/mol. The van der Waals surface area contributed by atoms with Crippen LogP contribution in [0.4, 0.5) is 0 Å². The second-order valence-electron chi connectivity index (χ2n) is 1.17. The number of aliphatic hydroxyl groups is 2. The molecule has 0 atom stereocenters. The van der Waals surface area contributed by atoms with Crippen molar-refractivity contribution >= 4 is 12.6 Å². The smallest absolute Gasteiger partial charge is 0.0519 e. The van der Waals surface area contributed by atoms with Crippen molar-refractivity contribution in [1.82, 2.24) is 0 Å². The lowest BCUT2D eigenvalue weighted by Crippen LogP contribution is -1.76. The second-order valence-corrected chi connectivity index (χ2v) is 1.62. The third-order valence-corrected chi connectivity index (χ3v) is 0.524. The van der Waals surface area contributed by atoms with Gasteiger partial charge in [-0.3, -0.25) is 0 Å². The highest BCUT2D eigenvalue weighted by molar-refractivity contribution is 7.80. The van der Waals surface area contributed by atoms with E-state index in [1.807, 2.05) is 6.92 Å². The van der Waals surface area contributed by atoms with Crippen LogP contribution in [0.5, 0.6) is 0 Å². The molecule has 0 aliphatic carbocycles. The summed E-state index contributed by atoms with van der Waals surface area (Å²) in [6.07, 6.45) is 0.875. The molecule has 0 saturated carbocycles. The topological polar surface area (TPSA) is 40.5 Å². The van der Waals surface area contributed by atoms with Crippen molar-refractivity contribution in [3.63, 3.8) is 0 Å². The molecule has 0 aliphatic rings. The molecule has 0 spiro atoms. The van der Waals surface area contributed by atoms with Gasteiger partial charge in [-0.15, -0.1) is 0 Å². The van der Waals surface area contributed by atoms with Crippen LogP contribution in [-0.4, -0.2) is 29.2 Å². The molecule has 0 fully saturated rings. The number of hydrogen-bond acceptors (Lipinski definition) is 3. The largest absolute Gasteiger partial charge is 0.396 e. The fourth-order valence-corrected chi connectivity index (χ4v) is 0. The molecule has 0 aromatic heterocycles. The van der Waals surface area contributed by atoms with Crippen molar-refractivity contribution in [2.45, 2.75) is 13.3 Å². The summed E-state index contributed by atoms with van der Waals surface area (Å²) < 4.78 is 0. The fraction of sp³-hybridized carbons (Fsp3) is 1.00. The minimum absolute atomic E-state index is 0.184. The van der Waals surface area contributed by atoms with Crippen LogP contribution >= 0.6 is 12.6 Å². The van der Waals surface area contributed by atoms with Crippen molar-refractivity contribution in [3.8, 4) is 0 Å². The van der Waals surface area contributed by atoms with Gasteiger partial charge in [-0.25, -0.2) is 0 Å². The summed E-state index contributed by atoms with van der Waals surface area (Å²) in [5.41, 5.74) is 0. The van der Waals surface area contributed by atoms with E-state index in [2.05, 4.69) is 12.6 Å². The molecule has 0 aliphatic heterocycles. The van der Waals surface area contributed by atoms with E-state index in [-0.39, 0.29) is 6.61 Å². The van der Waals surface area contributed by atoms with Crippen LogP contribution in [0.25, 0.3) is 0 Å². The molecule has 0 saturated heterocycles. The van der Waals surface area contributed by atoms with Crippen LogP contribution in [0, 0.1) is 0 Å². The molecule has 2 N–H and O–H groups in total. The molecule has 0 bridgehead atoms. The Bertz CT molecular complexity index is 18.4. The van der Waals surface area contributed by atoms with Gasteiger partial charge in [0.25, 0.3) is 0 Å². The summed E-state index contributed by atoms with van der Waals surface area (Å²) in [6.45, 7) is 2.43. The Kier molecular flexibility index (Phi) is 21.8. The van der Waals surface area contributed by atoms with E-state index in [0.29, 0.717) is 12.4 Å². The van der Waals surface area contributed by atoms with Crippen LogP contribution < -0.4 is 0 Å². The van der Waals surface area contributed by atoms with Crippen molar-refractivity contribution in [2.24, 2.45) is 0 Å². The summed E-state index contributed by atoms with van der Waals surface area (Å²) in [7, 11) is 0. The maximum atomic E-state index is 7.88. The lowest BCUT2D eigenvalue weighted by molar-refractivity contribution is 0.295. The van der Waals surface area contributed by atoms with Gasteiger partial charge in [0.2, 0.25) is 0 Å². The average Bonchev–Trinajstić information content (AvgIpc) is 1.88. The van der Waals surface area contributed by atoms with E-state index in [0.717, 1.165) is 6.42 Å². The number of rotatable bonds is 2. The lowest BCUT2D eigenvalue weighted by atomic mass is 10.5. The normalized spacial score (nSPS) is 7.50. The Balaban J connectivity index is 0. The van der Waals surface area contributed by atoms with E-state index >= 15 is 0 Å². The zero-order valence-corrected chi connectivity index (χ0v) is 6.06. The Morgan fingerprint density at radius 1 is 1.25 bits per heavy atom. The highest BCUT2D eigenvalue weighted by atomic mass is 32.1. The van der Waals surface area contributed by atoms with Crippen LogP contribution in [0.3, 0.4) is 0 Å². The minimum Gasteiger partial charge on any atom is -0.396 e. The first kappa shape index (κ1) is 11.1. The van der Waals surface area contributed by atoms with E-state index < -0.39 is 0 Å². The summed E-state index contributed by atoms with van der Waals surface area (Å²) in [6, 6.07) is 0. The molecule has 0 aromatic carbocycles. The number of thiol groups is 1. The zero-order chi connectivity index (χ0) is 6.83. The first-order valence-electron chi connectivity index (χ1n) is 2.66. The van der Waals surface area contributed by atoms with Gasteiger partial charge in [-0.2, -0.15) is 12.6 Å². The van der Waals surface area contributed by atoms with Gasteiger partial charge in [0.1, 0.15) is 0 Å². The second kappa shape index (κ2) is 15.7. The minimum atomic E-state index is 0.184. The van der Waals surface area contributed by atoms with Gasteiger partial charge in [-0.1, -0.05) is 6.92 Å². The highest BCUT2D eigenvalue weighted by Crippen LogP contribution is 1.61. The number of aliphatic hydroxyl groups excluding tert-OH is 2. The van der Waals surface area contributed by atoms with Gasteiger partial charge in [0, 0.05) is 12.4 Å². The monoisotopic (exact) mass is 138 g/mol. The predicted octanol–water partition coefficient (Wildman–Crippen LogP) is 0.297. The van der Waals surface area contributed by atoms with Crippen molar-refractivity contribution in [2.75, 3.05) is 19.0 Å². The lowest BCUT2D eigenvalue weighted by Gasteiger charge is -1.69. The molecule has 2 nitrogen and oxygen atoms in total. The van der Waals surface area contributed by atoms with Gasteiger partial charge in [-0.05, 0) is 6.42 Å². The van der Waals surface area contributed by atoms with E-state index in [1.165, 1.54) is 0 Å². The predicted molar refractivity (Wildman–Crippen MR) is 38.3 cm³/mol. The molecule has 0 unspecified atom stereocenters. The first-order chi connectivity index (χ1) is 3.83. The highest BCUT2D eigenvalue weighted by Gasteiger charge is 1.58. The van der Waals surface area contributed by atoms with E-state index in [9.17, 15) is 0 Å². The third-order valence-electron chi connectivity index (χ3n) is 0.324. The molecule has 0 heterocycles. The molecule has 0 aromatic rings. The van der Waals surface area contributed by atoms with Crippen LogP contribution in [0.1, 0.15) is 13.3 Å². The Morgan fingerprint density at radius 3 is 1.50 bits per heavy atom. The van der Waals surface area contributed by atoms with Gasteiger partial charge < -0.3 is 10.2 Å². The summed E-state index contributed by atoms with van der Waals surface area (Å²) in [5, 5.41) is 15.7. The molecule has 8 heavy (non-hydrogen) atoms. The zero-order valence-electron chi connectivity index (χ0n) is 5.17. The molecule has 0 radical (unpaired) electrons. The maximum Gasteiger partial charge on any atom is 0.0519 e. The molecule has 0 rings (SSSR count). The van der Waals surface area contributed by atoms with Crippen molar-refractivity contribution in [1.29, 1.82) is 0 Å². The maximum absolute atomic E-state index is 7.88. The van der Waals surface area contributed by atoms with Crippen LogP contribution in [-0.2, 0) is 0 Å². The summed E-state index contributed by atoms with van der Waals surface area (Å²) >= 11 is 3.67. The quantitative estimate of drug-likeness (QED) is 0.480. The van der Waals surface area contributed by atoms with Crippen molar-refractivity contribution in [3.05, 3.63) is 0 Å². The Morgan fingerprint density at radius 2 is 1.50 bits per heavy atom. The average molecular weight is 138 g/mol. The SMILES string of the molecule is CCCO.OCCS. The fourth-order valence-electron chi connectivity index (χ4n) is 0. The van der Waals surface area contributed by atoms with Gasteiger partial charge >= 0.3 is 0 Å². The Hall–Kier alpha value is 0.270. The number of hydrogen-bond donors (Lipinski definition) is 3. The van der Waals surface area contributed by atoms with Crippen LogP contribution in [0.15, 0.2) is 0 Å². The van der Waals surface area contributed by atoms with E-state index in [1.54, 1.807) is 0 Å². The van der Waals surface area contributed by atoms with Crippen LogP contribution in [0.2, 0.25) is 0 Å². The standard InChI is InChI=1S/C3H8O.C2H6OS/c1-2-3-4;3-1-2-4/h4H,2-3H2,1H3;3-4H,1-2H2. The molecular formula is C5H14O2S. The van der Waals surface area contributed by atoms with E-state index in [4.69, 9.17) is 10.2 Å². The van der Waals surface area contributed by atoms with Gasteiger partial charge in [0.15, 0.2) is 0 Å². The first-order valence-corrected chi connectivity index (χ1v) is 3.29. The third kappa shape index (κ3) is 33.8. The molecule has 3 heteroatoms. The summed E-state index contributed by atoms with van der Waals surface area (Å²) in [5.74, 6) is 0.569. The van der Waals surface area contributed by atoms with Crippen molar-refractivity contribution < 1.29 is 10.2 Å². The Labute approximate surface area is 55.9 Å². The molecule has 52 valence electrons.